The fourth-order valence-corrected chi connectivity index (χ4v) is 6.75. The number of carbonyl (C=O) groups excluding carboxylic acids is 1. The Bertz CT molecular complexity index is 1690. The summed E-state index contributed by atoms with van der Waals surface area (Å²) < 4.78 is 6.42. The number of fused-ring (bicyclic) bond motifs is 2. The molecule has 0 unspecified atom stereocenters. The highest BCUT2D eigenvalue weighted by Gasteiger charge is 2.15. The number of para-hydroxylation sites is 1. The average molecular weight is 541 g/mol. The van der Waals surface area contributed by atoms with Gasteiger partial charge >= 0.3 is 0 Å². The molecule has 37 heavy (non-hydrogen) atoms. The van der Waals surface area contributed by atoms with Crippen LogP contribution in [0.3, 0.4) is 0 Å². The molecule has 0 radical (unpaired) electrons. The molecule has 6 aromatic rings. The molecule has 0 aliphatic rings. The Morgan fingerprint density at radius 2 is 1.86 bits per heavy atom. The standard InChI is InChI=1S/C28H20N4O2S3/c1-34-20-11-9-17(10-12-20)21-14-35-27-25(21)28(30-16-29-27)36-15-24(33)31-19-6-4-5-18(13-19)26-32-22-7-2-3-8-23(22)37-26/h2-14,16H,15H2,1H3,(H,31,33). The van der Waals surface area contributed by atoms with E-state index in [4.69, 9.17) is 9.72 Å². The predicted octanol–water partition coefficient (Wildman–Crippen LogP) is 7.37. The number of nitrogens with zero attached hydrogens (tertiary/aromatic N) is 3. The van der Waals surface area contributed by atoms with E-state index in [1.165, 1.54) is 11.8 Å². The van der Waals surface area contributed by atoms with Crippen LogP contribution >= 0.6 is 34.4 Å². The number of thiazole rings is 1. The second kappa shape index (κ2) is 10.3. The lowest BCUT2D eigenvalue weighted by Crippen LogP contribution is -2.14. The van der Waals surface area contributed by atoms with E-state index in [1.807, 2.05) is 66.7 Å². The van der Waals surface area contributed by atoms with E-state index in [1.54, 1.807) is 36.1 Å². The van der Waals surface area contributed by atoms with Crippen molar-refractivity contribution >= 4 is 66.5 Å². The van der Waals surface area contributed by atoms with E-state index in [0.717, 1.165) is 58.6 Å². The third kappa shape index (κ3) is 4.93. The third-order valence-electron chi connectivity index (χ3n) is 5.76. The Morgan fingerprint density at radius 3 is 2.70 bits per heavy atom. The number of benzene rings is 3. The molecule has 9 heteroatoms. The van der Waals surface area contributed by atoms with E-state index in [0.29, 0.717) is 0 Å². The van der Waals surface area contributed by atoms with Gasteiger partial charge in [-0.3, -0.25) is 4.79 Å². The highest BCUT2D eigenvalue weighted by atomic mass is 32.2. The van der Waals surface area contributed by atoms with Gasteiger partial charge in [0.25, 0.3) is 0 Å². The van der Waals surface area contributed by atoms with Gasteiger partial charge in [-0.15, -0.1) is 22.7 Å². The lowest BCUT2D eigenvalue weighted by Gasteiger charge is -2.08. The zero-order valence-electron chi connectivity index (χ0n) is 19.7. The minimum Gasteiger partial charge on any atom is -0.497 e. The monoisotopic (exact) mass is 540 g/mol. The van der Waals surface area contributed by atoms with Gasteiger partial charge in [0.1, 0.15) is 26.9 Å². The van der Waals surface area contributed by atoms with Gasteiger partial charge in [0, 0.05) is 22.2 Å². The Kier molecular flexibility index (Phi) is 6.57. The number of rotatable bonds is 7. The highest BCUT2D eigenvalue weighted by Crippen LogP contribution is 2.38. The predicted molar refractivity (Wildman–Crippen MR) is 154 cm³/mol. The van der Waals surface area contributed by atoms with Gasteiger partial charge in [0.15, 0.2) is 0 Å². The minimum atomic E-state index is -0.0977. The SMILES string of the molecule is COc1ccc(-c2csc3ncnc(SCC(=O)Nc4cccc(-c5nc6ccccc6s5)c4)c23)cc1. The Morgan fingerprint density at radius 1 is 1.00 bits per heavy atom. The van der Waals surface area contributed by atoms with Crippen molar-refractivity contribution in [3.63, 3.8) is 0 Å². The summed E-state index contributed by atoms with van der Waals surface area (Å²) >= 11 is 4.62. The van der Waals surface area contributed by atoms with E-state index >= 15 is 0 Å². The first kappa shape index (κ1) is 23.6. The van der Waals surface area contributed by atoms with Crippen LogP contribution in [0.2, 0.25) is 0 Å². The number of thiophene rings is 1. The molecule has 6 nitrogen and oxygen atoms in total. The first-order chi connectivity index (χ1) is 18.2. The summed E-state index contributed by atoms with van der Waals surface area (Å²) in [7, 11) is 1.65. The van der Waals surface area contributed by atoms with Gasteiger partial charge in [-0.1, -0.05) is 48.2 Å². The Hall–Kier alpha value is -3.79. The summed E-state index contributed by atoms with van der Waals surface area (Å²) in [5.74, 6) is 0.937. The van der Waals surface area contributed by atoms with Crippen LogP contribution in [0, 0.1) is 0 Å². The van der Waals surface area contributed by atoms with Crippen molar-refractivity contribution in [3.8, 4) is 27.4 Å². The second-order valence-electron chi connectivity index (χ2n) is 8.14. The summed E-state index contributed by atoms with van der Waals surface area (Å²) in [6, 6.07) is 23.8. The molecule has 0 saturated carbocycles. The number of thioether (sulfide) groups is 1. The van der Waals surface area contributed by atoms with Gasteiger partial charge < -0.3 is 10.1 Å². The first-order valence-corrected chi connectivity index (χ1v) is 14.1. The molecular weight excluding hydrogens is 521 g/mol. The molecule has 3 heterocycles. The molecule has 3 aromatic heterocycles. The van der Waals surface area contributed by atoms with Crippen LogP contribution in [-0.2, 0) is 4.79 Å². The lowest BCUT2D eigenvalue weighted by molar-refractivity contribution is -0.113. The van der Waals surface area contributed by atoms with Gasteiger partial charge in [0.05, 0.1) is 28.5 Å². The van der Waals surface area contributed by atoms with Crippen molar-refractivity contribution in [2.45, 2.75) is 5.03 Å². The molecule has 0 spiro atoms. The van der Waals surface area contributed by atoms with E-state index in [2.05, 4.69) is 26.7 Å². The number of anilines is 1. The fraction of sp³-hybridized carbons (Fsp3) is 0.0714. The fourth-order valence-electron chi connectivity index (χ4n) is 4.00. The Labute approximate surface area is 225 Å². The number of aromatic nitrogens is 3. The Balaban J connectivity index is 1.19. The number of nitrogens with one attached hydrogen (secondary N) is 1. The van der Waals surface area contributed by atoms with Crippen molar-refractivity contribution in [2.24, 2.45) is 0 Å². The zero-order chi connectivity index (χ0) is 25.2. The molecule has 0 fully saturated rings. The van der Waals surface area contributed by atoms with Gasteiger partial charge in [-0.25, -0.2) is 15.0 Å². The number of methoxy groups -OCH3 is 1. The van der Waals surface area contributed by atoms with Crippen LogP contribution in [0.1, 0.15) is 0 Å². The number of ether oxygens (including phenoxy) is 1. The van der Waals surface area contributed by atoms with Crippen molar-refractivity contribution in [3.05, 3.63) is 84.5 Å². The van der Waals surface area contributed by atoms with Crippen LogP contribution in [0.4, 0.5) is 5.69 Å². The summed E-state index contributed by atoms with van der Waals surface area (Å²) in [5.41, 5.74) is 4.80. The van der Waals surface area contributed by atoms with Crippen LogP contribution in [-0.4, -0.2) is 33.7 Å². The van der Waals surface area contributed by atoms with E-state index in [9.17, 15) is 4.79 Å². The minimum absolute atomic E-state index is 0.0977. The van der Waals surface area contributed by atoms with Crippen LogP contribution in [0.15, 0.2) is 89.5 Å². The molecule has 0 aliphatic heterocycles. The molecule has 182 valence electrons. The summed E-state index contributed by atoms with van der Waals surface area (Å²) in [6.07, 6.45) is 1.55. The quantitative estimate of drug-likeness (QED) is 0.168. The number of amides is 1. The van der Waals surface area contributed by atoms with Gasteiger partial charge in [0.2, 0.25) is 5.91 Å². The van der Waals surface area contributed by atoms with E-state index in [-0.39, 0.29) is 11.7 Å². The van der Waals surface area contributed by atoms with E-state index < -0.39 is 0 Å². The maximum atomic E-state index is 12.9. The van der Waals surface area contributed by atoms with Gasteiger partial charge in [-0.2, -0.15) is 0 Å². The lowest BCUT2D eigenvalue weighted by atomic mass is 10.1. The molecule has 6 rings (SSSR count). The largest absolute Gasteiger partial charge is 0.497 e. The molecule has 3 aromatic carbocycles. The number of carbonyl (C=O) groups is 1. The maximum Gasteiger partial charge on any atom is 0.234 e. The van der Waals surface area contributed by atoms with Crippen molar-refractivity contribution in [2.75, 3.05) is 18.2 Å². The third-order valence-corrected chi connectivity index (χ3v) is 8.72. The van der Waals surface area contributed by atoms with Crippen molar-refractivity contribution in [1.29, 1.82) is 0 Å². The van der Waals surface area contributed by atoms with Gasteiger partial charge in [-0.05, 0) is 42.0 Å². The average Bonchev–Trinajstić information content (AvgIpc) is 3.57. The van der Waals surface area contributed by atoms with Crippen LogP contribution in [0.25, 0.3) is 42.1 Å². The smallest absolute Gasteiger partial charge is 0.234 e. The summed E-state index contributed by atoms with van der Waals surface area (Å²) in [5, 5.41) is 7.78. The molecule has 0 atom stereocenters. The maximum absolute atomic E-state index is 12.9. The first-order valence-electron chi connectivity index (χ1n) is 11.4. The van der Waals surface area contributed by atoms with Crippen molar-refractivity contribution < 1.29 is 9.53 Å². The summed E-state index contributed by atoms with van der Waals surface area (Å²) in [6.45, 7) is 0. The summed E-state index contributed by atoms with van der Waals surface area (Å²) in [4.78, 5) is 27.4. The number of hydrogen-bond donors (Lipinski definition) is 1. The normalized spacial score (nSPS) is 11.2. The molecular formula is C28H20N4O2S3. The zero-order valence-corrected chi connectivity index (χ0v) is 22.1. The van der Waals surface area contributed by atoms with Crippen molar-refractivity contribution in [1.82, 2.24) is 15.0 Å². The molecule has 1 N–H and O–H groups in total. The van der Waals surface area contributed by atoms with Crippen LogP contribution < -0.4 is 10.1 Å². The molecule has 0 aliphatic carbocycles. The highest BCUT2D eigenvalue weighted by molar-refractivity contribution is 8.00. The number of hydrogen-bond acceptors (Lipinski definition) is 8. The second-order valence-corrected chi connectivity index (χ2v) is 11.0. The topological polar surface area (TPSA) is 77.0 Å². The molecule has 0 bridgehead atoms. The molecule has 1 amide bonds. The van der Waals surface area contributed by atoms with Crippen LogP contribution in [0.5, 0.6) is 5.75 Å². The molecule has 0 saturated heterocycles.